The molecule has 0 spiro atoms. The van der Waals surface area contributed by atoms with Crippen LogP contribution in [0.1, 0.15) is 0 Å². The van der Waals surface area contributed by atoms with Crippen LogP contribution in [0.3, 0.4) is 0 Å². The van der Waals surface area contributed by atoms with Crippen molar-refractivity contribution < 1.29 is 9.66 Å². The molecule has 0 fully saturated rings. The van der Waals surface area contributed by atoms with Crippen molar-refractivity contribution in [1.82, 2.24) is 9.97 Å². The summed E-state index contributed by atoms with van der Waals surface area (Å²) in [6, 6.07) is 6.18. The van der Waals surface area contributed by atoms with Crippen LogP contribution in [-0.2, 0) is 0 Å². The van der Waals surface area contributed by atoms with Crippen LogP contribution in [0.2, 0.25) is 0 Å². The van der Waals surface area contributed by atoms with Crippen LogP contribution in [0, 0.1) is 10.1 Å². The zero-order chi connectivity index (χ0) is 13.8. The summed E-state index contributed by atoms with van der Waals surface area (Å²) in [5, 5.41) is 13.5. The Balaban J connectivity index is 2.18. The Bertz CT molecular complexity index is 600. The van der Waals surface area contributed by atoms with Gasteiger partial charge in [0.05, 0.1) is 23.9 Å². The van der Waals surface area contributed by atoms with Crippen LogP contribution in [0.15, 0.2) is 30.5 Å². The van der Waals surface area contributed by atoms with Crippen molar-refractivity contribution >= 4 is 23.0 Å². The zero-order valence-electron chi connectivity index (χ0n) is 10.0. The number of nitrogens with two attached hydrogens (primary N) is 1. The molecule has 0 bridgehead atoms. The largest absolute Gasteiger partial charge is 0.481 e. The number of nitrogens with zero attached hydrogens (tertiary/aromatic N) is 3. The Morgan fingerprint density at radius 1 is 1.37 bits per heavy atom. The van der Waals surface area contributed by atoms with Gasteiger partial charge in [-0.2, -0.15) is 0 Å². The standard InChI is InChI=1S/C11H11N5O3/c1-19-10-5-2-7(6-13-10)14-9-4-3-8(16(17)18)11(12)15-9/h2-6H,1H3,(H3,12,14,15). The third kappa shape index (κ3) is 2.86. The van der Waals surface area contributed by atoms with Gasteiger partial charge in [-0.1, -0.05) is 0 Å². The number of nitrogen functional groups attached to an aromatic ring is 1. The minimum atomic E-state index is -0.582. The normalized spacial score (nSPS) is 9.95. The second-order valence-corrected chi connectivity index (χ2v) is 3.57. The molecule has 0 unspecified atom stereocenters. The molecule has 0 atom stereocenters. The second-order valence-electron chi connectivity index (χ2n) is 3.57. The Hall–Kier alpha value is -2.90. The van der Waals surface area contributed by atoms with Crippen molar-refractivity contribution in [1.29, 1.82) is 0 Å². The van der Waals surface area contributed by atoms with Crippen molar-refractivity contribution in [2.24, 2.45) is 0 Å². The molecule has 8 heteroatoms. The van der Waals surface area contributed by atoms with Gasteiger partial charge in [0.15, 0.2) is 0 Å². The van der Waals surface area contributed by atoms with Crippen molar-refractivity contribution in [2.75, 3.05) is 18.2 Å². The third-order valence-electron chi connectivity index (χ3n) is 2.32. The molecule has 0 amide bonds. The maximum Gasteiger partial charge on any atom is 0.311 e. The lowest BCUT2D eigenvalue weighted by Gasteiger charge is -2.06. The first-order valence-corrected chi connectivity index (χ1v) is 5.28. The summed E-state index contributed by atoms with van der Waals surface area (Å²) in [6.45, 7) is 0. The number of aromatic nitrogens is 2. The van der Waals surface area contributed by atoms with Crippen molar-refractivity contribution in [3.8, 4) is 5.88 Å². The van der Waals surface area contributed by atoms with E-state index in [1.54, 1.807) is 18.3 Å². The maximum absolute atomic E-state index is 10.6. The van der Waals surface area contributed by atoms with E-state index in [4.69, 9.17) is 10.5 Å². The average Bonchev–Trinajstić information content (AvgIpc) is 2.39. The van der Waals surface area contributed by atoms with E-state index < -0.39 is 4.92 Å². The SMILES string of the molecule is COc1ccc(Nc2ccc([N+](=O)[O-])c(N)n2)cn1. The topological polar surface area (TPSA) is 116 Å². The van der Waals surface area contributed by atoms with E-state index in [1.165, 1.54) is 19.2 Å². The third-order valence-corrected chi connectivity index (χ3v) is 2.32. The molecule has 2 rings (SSSR count). The van der Waals surface area contributed by atoms with E-state index in [0.29, 0.717) is 17.4 Å². The van der Waals surface area contributed by atoms with Crippen molar-refractivity contribution in [2.45, 2.75) is 0 Å². The van der Waals surface area contributed by atoms with Gasteiger partial charge in [0.2, 0.25) is 11.7 Å². The maximum atomic E-state index is 10.6. The summed E-state index contributed by atoms with van der Waals surface area (Å²) < 4.78 is 4.93. The van der Waals surface area contributed by atoms with Gasteiger partial charge in [-0.05, 0) is 12.1 Å². The number of hydrogen-bond donors (Lipinski definition) is 2. The minimum absolute atomic E-state index is 0.142. The molecule has 2 aromatic heterocycles. The van der Waals surface area contributed by atoms with Gasteiger partial charge in [-0.15, -0.1) is 0 Å². The number of anilines is 3. The first-order valence-electron chi connectivity index (χ1n) is 5.28. The van der Waals surface area contributed by atoms with E-state index in [1.807, 2.05) is 0 Å². The highest BCUT2D eigenvalue weighted by Gasteiger charge is 2.12. The predicted octanol–water partition coefficient (Wildman–Crippen LogP) is 1.72. The Morgan fingerprint density at radius 2 is 2.16 bits per heavy atom. The molecule has 98 valence electrons. The highest BCUT2D eigenvalue weighted by atomic mass is 16.6. The molecule has 0 aliphatic rings. The molecule has 19 heavy (non-hydrogen) atoms. The zero-order valence-corrected chi connectivity index (χ0v) is 10.0. The Morgan fingerprint density at radius 3 is 2.68 bits per heavy atom. The van der Waals surface area contributed by atoms with Gasteiger partial charge in [0.25, 0.3) is 0 Å². The summed E-state index contributed by atoms with van der Waals surface area (Å²) >= 11 is 0. The Labute approximate surface area is 108 Å². The van der Waals surface area contributed by atoms with Gasteiger partial charge in [0, 0.05) is 12.1 Å². The van der Waals surface area contributed by atoms with Crippen LogP contribution < -0.4 is 15.8 Å². The van der Waals surface area contributed by atoms with Crippen LogP contribution in [0.5, 0.6) is 5.88 Å². The summed E-state index contributed by atoms with van der Waals surface area (Å²) in [6.07, 6.45) is 1.55. The summed E-state index contributed by atoms with van der Waals surface area (Å²) in [5.74, 6) is 0.744. The molecule has 2 heterocycles. The molecule has 8 nitrogen and oxygen atoms in total. The van der Waals surface area contributed by atoms with Gasteiger partial charge >= 0.3 is 5.69 Å². The lowest BCUT2D eigenvalue weighted by Crippen LogP contribution is -2.01. The van der Waals surface area contributed by atoms with Crippen molar-refractivity contribution in [3.63, 3.8) is 0 Å². The number of methoxy groups -OCH3 is 1. The van der Waals surface area contributed by atoms with Gasteiger partial charge in [0.1, 0.15) is 5.82 Å². The van der Waals surface area contributed by atoms with Gasteiger partial charge in [-0.3, -0.25) is 10.1 Å². The number of hydrogen-bond acceptors (Lipinski definition) is 7. The van der Waals surface area contributed by atoms with Gasteiger partial charge in [-0.25, -0.2) is 9.97 Å². The first kappa shape index (κ1) is 12.6. The molecular formula is C11H11N5O3. The molecule has 0 saturated carbocycles. The fourth-order valence-corrected chi connectivity index (χ4v) is 1.41. The van der Waals surface area contributed by atoms with Crippen LogP contribution in [-0.4, -0.2) is 22.0 Å². The van der Waals surface area contributed by atoms with Crippen LogP contribution in [0.25, 0.3) is 0 Å². The van der Waals surface area contributed by atoms with E-state index in [-0.39, 0.29) is 11.5 Å². The highest BCUT2D eigenvalue weighted by Crippen LogP contribution is 2.23. The van der Waals surface area contributed by atoms with E-state index >= 15 is 0 Å². The monoisotopic (exact) mass is 261 g/mol. The first-order chi connectivity index (χ1) is 9.10. The molecule has 0 saturated heterocycles. The number of nitrogens with one attached hydrogen (secondary N) is 1. The lowest BCUT2D eigenvalue weighted by molar-refractivity contribution is -0.384. The van der Waals surface area contributed by atoms with Gasteiger partial charge < -0.3 is 15.8 Å². The smallest absolute Gasteiger partial charge is 0.311 e. The Kier molecular flexibility index (Phi) is 3.42. The quantitative estimate of drug-likeness (QED) is 0.635. The van der Waals surface area contributed by atoms with Crippen molar-refractivity contribution in [3.05, 3.63) is 40.6 Å². The molecular weight excluding hydrogens is 250 g/mol. The summed E-state index contributed by atoms with van der Waals surface area (Å²) in [7, 11) is 1.52. The predicted molar refractivity (Wildman–Crippen MR) is 69.4 cm³/mol. The fourth-order valence-electron chi connectivity index (χ4n) is 1.41. The molecule has 0 aliphatic carbocycles. The number of pyridine rings is 2. The van der Waals surface area contributed by atoms with E-state index in [2.05, 4.69) is 15.3 Å². The number of ether oxygens (including phenoxy) is 1. The second kappa shape index (κ2) is 5.17. The van der Waals surface area contributed by atoms with Crippen LogP contribution >= 0.6 is 0 Å². The molecule has 0 radical (unpaired) electrons. The highest BCUT2D eigenvalue weighted by molar-refractivity contribution is 5.62. The summed E-state index contributed by atoms with van der Waals surface area (Å²) in [5.41, 5.74) is 5.94. The number of nitro groups is 1. The van der Waals surface area contributed by atoms with E-state index in [9.17, 15) is 10.1 Å². The van der Waals surface area contributed by atoms with Crippen LogP contribution in [0.4, 0.5) is 23.0 Å². The molecule has 0 aromatic carbocycles. The molecule has 0 aliphatic heterocycles. The molecule has 3 N–H and O–H groups in total. The van der Waals surface area contributed by atoms with E-state index in [0.717, 1.165) is 0 Å². The molecule has 2 aromatic rings. The lowest BCUT2D eigenvalue weighted by atomic mass is 10.3. The number of rotatable bonds is 4. The summed E-state index contributed by atoms with van der Waals surface area (Å²) in [4.78, 5) is 17.9. The fraction of sp³-hybridized carbons (Fsp3) is 0.0909. The average molecular weight is 261 g/mol. The minimum Gasteiger partial charge on any atom is -0.481 e.